The van der Waals surface area contributed by atoms with Gasteiger partial charge < -0.3 is 11.1 Å². The molecule has 2 heterocycles. The van der Waals surface area contributed by atoms with E-state index < -0.39 is 28.5 Å². The number of nitrogens with one attached hydrogen (secondary N) is 3. The topological polar surface area (TPSA) is 125 Å². The minimum atomic E-state index is -4.71. The number of carbonyl (C=O) groups is 1. The first-order valence-corrected chi connectivity index (χ1v) is 8.11. The number of halogens is 4. The fraction of sp³-hybridized carbons (Fsp3) is 0.125. The lowest BCUT2D eigenvalue weighted by atomic mass is 10.2. The summed E-state index contributed by atoms with van der Waals surface area (Å²) < 4.78 is 38.9. The lowest BCUT2D eigenvalue weighted by Crippen LogP contribution is -2.12. The molecule has 0 spiro atoms. The molecule has 1 amide bonds. The molecule has 28 heavy (non-hydrogen) atoms. The van der Waals surface area contributed by atoms with Crippen LogP contribution in [0.25, 0.3) is 0 Å². The fourth-order valence-electron chi connectivity index (χ4n) is 2.41. The Morgan fingerprint density at radius 3 is 2.71 bits per heavy atom. The van der Waals surface area contributed by atoms with Gasteiger partial charge in [-0.1, -0.05) is 23.7 Å². The highest BCUT2D eigenvalue weighted by molar-refractivity contribution is 6.32. The van der Waals surface area contributed by atoms with Crippen LogP contribution >= 0.6 is 11.6 Å². The number of aromatic nitrogens is 4. The number of primary amides is 1. The maximum Gasteiger partial charge on any atom is 0.433 e. The summed E-state index contributed by atoms with van der Waals surface area (Å²) in [6.45, 7) is 1.88. The number of amides is 1. The minimum Gasteiger partial charge on any atom is -0.365 e. The Hall–Kier alpha value is -3.34. The maximum atomic E-state index is 13.0. The zero-order chi connectivity index (χ0) is 20.5. The van der Waals surface area contributed by atoms with Gasteiger partial charge in [0, 0.05) is 11.9 Å². The molecule has 146 valence electrons. The molecule has 0 unspecified atom stereocenters. The van der Waals surface area contributed by atoms with Crippen molar-refractivity contribution in [2.45, 2.75) is 13.1 Å². The smallest absolute Gasteiger partial charge is 0.365 e. The Morgan fingerprint density at radius 1 is 1.32 bits per heavy atom. The van der Waals surface area contributed by atoms with Gasteiger partial charge in [-0.3, -0.25) is 15.0 Å². The van der Waals surface area contributed by atoms with E-state index in [1.807, 2.05) is 19.1 Å². The van der Waals surface area contributed by atoms with Crippen molar-refractivity contribution >= 4 is 41.0 Å². The summed E-state index contributed by atoms with van der Waals surface area (Å²) >= 11 is 5.68. The molecular formula is C16H13ClF3N7O. The Bertz CT molecular complexity index is 1050. The van der Waals surface area contributed by atoms with Gasteiger partial charge in [-0.2, -0.15) is 23.4 Å². The van der Waals surface area contributed by atoms with Gasteiger partial charge in [0.25, 0.3) is 5.91 Å². The van der Waals surface area contributed by atoms with Crippen molar-refractivity contribution in [3.05, 3.63) is 51.8 Å². The third-order valence-electron chi connectivity index (χ3n) is 3.64. The van der Waals surface area contributed by atoms with Gasteiger partial charge in [0.05, 0.1) is 5.56 Å². The van der Waals surface area contributed by atoms with E-state index in [0.717, 1.165) is 11.8 Å². The summed E-state index contributed by atoms with van der Waals surface area (Å²) in [4.78, 5) is 15.7. The zero-order valence-electron chi connectivity index (χ0n) is 14.2. The second-order valence-corrected chi connectivity index (χ2v) is 6.07. The average molecular weight is 412 g/mol. The lowest BCUT2D eigenvalue weighted by Gasteiger charge is -2.06. The van der Waals surface area contributed by atoms with Crippen molar-refractivity contribution in [2.24, 2.45) is 10.7 Å². The standard InChI is InChI=1S/C16H13ClF3N7O/c1-7-3-2-4-8(5-7)23-15-10(13(21)28)14(26-27-15)22-6-9-11(16(18,19)20)24-25-12(9)17/h2-6H,1H3,(H2,21,28)(H,24,25)(H2,23,26,27). The van der Waals surface area contributed by atoms with E-state index in [0.29, 0.717) is 5.69 Å². The summed E-state index contributed by atoms with van der Waals surface area (Å²) in [7, 11) is 0. The predicted octanol–water partition coefficient (Wildman–Crippen LogP) is 3.71. The molecule has 0 atom stereocenters. The van der Waals surface area contributed by atoms with Gasteiger partial charge in [-0.25, -0.2) is 4.99 Å². The average Bonchev–Trinajstić information content (AvgIpc) is 3.16. The molecule has 5 N–H and O–H groups in total. The number of nitrogens with zero attached hydrogens (tertiary/aromatic N) is 3. The van der Waals surface area contributed by atoms with E-state index in [-0.39, 0.29) is 17.2 Å². The molecule has 0 aliphatic rings. The number of carbonyl (C=O) groups excluding carboxylic acids is 1. The number of alkyl halides is 3. The normalized spacial score (nSPS) is 11.9. The van der Waals surface area contributed by atoms with Crippen molar-refractivity contribution in [1.29, 1.82) is 0 Å². The van der Waals surface area contributed by atoms with Gasteiger partial charge in [0.15, 0.2) is 11.0 Å². The van der Waals surface area contributed by atoms with E-state index in [2.05, 4.69) is 25.6 Å². The highest BCUT2D eigenvalue weighted by Crippen LogP contribution is 2.33. The van der Waals surface area contributed by atoms with Crippen molar-refractivity contribution in [3.8, 4) is 0 Å². The van der Waals surface area contributed by atoms with E-state index in [9.17, 15) is 18.0 Å². The van der Waals surface area contributed by atoms with Gasteiger partial charge >= 0.3 is 6.18 Å². The second-order valence-electron chi connectivity index (χ2n) is 5.71. The Morgan fingerprint density at radius 2 is 2.07 bits per heavy atom. The van der Waals surface area contributed by atoms with Crippen molar-refractivity contribution in [2.75, 3.05) is 5.32 Å². The molecule has 0 saturated carbocycles. The van der Waals surface area contributed by atoms with Crippen LogP contribution in [0.15, 0.2) is 29.3 Å². The van der Waals surface area contributed by atoms with Crippen molar-refractivity contribution < 1.29 is 18.0 Å². The maximum absolute atomic E-state index is 13.0. The number of nitrogens with two attached hydrogens (primary N) is 1. The molecule has 0 aliphatic carbocycles. The number of aliphatic imine (C=N–C) groups is 1. The SMILES string of the molecule is Cc1cccc(Nc2[nH]nc(N=Cc3c(Cl)n[nH]c3C(F)(F)F)c2C(N)=O)c1. The van der Waals surface area contributed by atoms with Gasteiger partial charge in [-0.05, 0) is 24.6 Å². The molecule has 12 heteroatoms. The predicted molar refractivity (Wildman–Crippen MR) is 97.4 cm³/mol. The third-order valence-corrected chi connectivity index (χ3v) is 3.93. The summed E-state index contributed by atoms with van der Waals surface area (Å²) in [5.41, 5.74) is 5.23. The largest absolute Gasteiger partial charge is 0.433 e. The van der Waals surface area contributed by atoms with Gasteiger partial charge in [-0.15, -0.1) is 0 Å². The van der Waals surface area contributed by atoms with E-state index in [4.69, 9.17) is 17.3 Å². The Kier molecular flexibility index (Phi) is 5.10. The molecular weight excluding hydrogens is 399 g/mol. The van der Waals surface area contributed by atoms with Crippen LogP contribution in [0.1, 0.15) is 27.2 Å². The molecule has 0 bridgehead atoms. The molecule has 3 aromatic rings. The van der Waals surface area contributed by atoms with E-state index in [1.54, 1.807) is 17.2 Å². The van der Waals surface area contributed by atoms with Crippen LogP contribution in [-0.4, -0.2) is 32.5 Å². The van der Waals surface area contributed by atoms with Crippen LogP contribution in [0.3, 0.4) is 0 Å². The number of hydrogen-bond acceptors (Lipinski definition) is 5. The first-order chi connectivity index (χ1) is 13.2. The Labute approximate surface area is 161 Å². The third kappa shape index (κ3) is 3.98. The molecule has 0 radical (unpaired) electrons. The molecule has 2 aromatic heterocycles. The molecule has 1 aromatic carbocycles. The first kappa shape index (κ1) is 19.4. The summed E-state index contributed by atoms with van der Waals surface area (Å²) in [5.74, 6) is -0.919. The Balaban J connectivity index is 1.96. The van der Waals surface area contributed by atoms with Crippen LogP contribution in [-0.2, 0) is 6.18 Å². The number of hydrogen-bond donors (Lipinski definition) is 4. The lowest BCUT2D eigenvalue weighted by molar-refractivity contribution is -0.141. The number of H-pyrrole nitrogens is 2. The van der Waals surface area contributed by atoms with Gasteiger partial charge in [0.2, 0.25) is 0 Å². The van der Waals surface area contributed by atoms with Crippen LogP contribution in [0.5, 0.6) is 0 Å². The number of benzene rings is 1. The minimum absolute atomic E-state index is 0.120. The fourth-order valence-corrected chi connectivity index (χ4v) is 2.59. The highest BCUT2D eigenvalue weighted by atomic mass is 35.5. The highest BCUT2D eigenvalue weighted by Gasteiger charge is 2.36. The molecule has 0 saturated heterocycles. The van der Waals surface area contributed by atoms with Crippen LogP contribution in [0, 0.1) is 6.92 Å². The summed E-state index contributed by atoms with van der Waals surface area (Å²) in [6.07, 6.45) is -3.90. The van der Waals surface area contributed by atoms with E-state index >= 15 is 0 Å². The number of aromatic amines is 2. The van der Waals surface area contributed by atoms with Crippen molar-refractivity contribution in [3.63, 3.8) is 0 Å². The molecule has 0 fully saturated rings. The summed E-state index contributed by atoms with van der Waals surface area (Å²) in [6, 6.07) is 7.25. The number of rotatable bonds is 5. The van der Waals surface area contributed by atoms with Gasteiger partial charge in [0.1, 0.15) is 17.1 Å². The van der Waals surface area contributed by atoms with Crippen LogP contribution in [0.2, 0.25) is 5.15 Å². The second kappa shape index (κ2) is 7.35. The molecule has 0 aliphatic heterocycles. The number of anilines is 2. The summed E-state index contributed by atoms with van der Waals surface area (Å²) in [5, 5.41) is 14.0. The quantitative estimate of drug-likeness (QED) is 0.477. The van der Waals surface area contributed by atoms with Crippen LogP contribution in [0.4, 0.5) is 30.5 Å². The van der Waals surface area contributed by atoms with Crippen LogP contribution < -0.4 is 11.1 Å². The van der Waals surface area contributed by atoms with Crippen molar-refractivity contribution in [1.82, 2.24) is 20.4 Å². The first-order valence-electron chi connectivity index (χ1n) is 7.74. The monoisotopic (exact) mass is 411 g/mol. The number of aryl methyl sites for hydroxylation is 1. The molecule has 3 rings (SSSR count). The molecule has 8 nitrogen and oxygen atoms in total. The zero-order valence-corrected chi connectivity index (χ0v) is 15.0. The van der Waals surface area contributed by atoms with E-state index in [1.165, 1.54) is 0 Å².